The lowest BCUT2D eigenvalue weighted by Crippen LogP contribution is -2.29. The highest BCUT2D eigenvalue weighted by Crippen LogP contribution is 2.22. The number of aromatic nitrogens is 2. The normalized spacial score (nSPS) is 10.2. The van der Waals surface area contributed by atoms with Crippen LogP contribution in [0.4, 0.5) is 11.8 Å². The summed E-state index contributed by atoms with van der Waals surface area (Å²) in [5, 5.41) is 9.56. The van der Waals surface area contributed by atoms with Gasteiger partial charge in [-0.3, -0.25) is 4.79 Å². The third-order valence-electron chi connectivity index (χ3n) is 3.31. The number of ether oxygens (including phenoxy) is 1. The molecule has 1 amide bonds. The maximum atomic E-state index is 12.3. The van der Waals surface area contributed by atoms with Crippen molar-refractivity contribution in [2.75, 3.05) is 37.4 Å². The number of benzene rings is 1. The molecule has 2 aromatic rings. The molecular formula is C17H22ClN5O2. The molecular weight excluding hydrogens is 342 g/mol. The average Bonchev–Trinajstić information content (AvgIpc) is 2.58. The fraction of sp³-hybridized carbons (Fsp3) is 0.353. The number of methoxy groups -OCH3 is 1. The molecule has 0 saturated carbocycles. The fourth-order valence-corrected chi connectivity index (χ4v) is 2.39. The minimum Gasteiger partial charge on any atom is -0.496 e. The first-order valence-electron chi connectivity index (χ1n) is 7.98. The number of anilines is 2. The highest BCUT2D eigenvalue weighted by Gasteiger charge is 2.12. The Morgan fingerprint density at radius 2 is 2.00 bits per heavy atom. The number of halogens is 1. The number of hydrogen-bond acceptors (Lipinski definition) is 6. The third kappa shape index (κ3) is 5.49. The van der Waals surface area contributed by atoms with E-state index in [-0.39, 0.29) is 5.91 Å². The molecule has 0 saturated heterocycles. The van der Waals surface area contributed by atoms with Gasteiger partial charge in [-0.1, -0.05) is 11.6 Å². The van der Waals surface area contributed by atoms with Crippen LogP contribution in [0, 0.1) is 6.92 Å². The zero-order valence-corrected chi connectivity index (χ0v) is 15.3. The van der Waals surface area contributed by atoms with E-state index in [0.29, 0.717) is 41.2 Å². The molecule has 0 radical (unpaired) electrons. The van der Waals surface area contributed by atoms with E-state index in [9.17, 15) is 4.79 Å². The molecule has 1 heterocycles. The predicted molar refractivity (Wildman–Crippen MR) is 99.8 cm³/mol. The number of amides is 1. The van der Waals surface area contributed by atoms with E-state index < -0.39 is 0 Å². The molecule has 0 bridgehead atoms. The van der Waals surface area contributed by atoms with Crippen LogP contribution in [0.15, 0.2) is 24.3 Å². The van der Waals surface area contributed by atoms with Gasteiger partial charge in [0.1, 0.15) is 11.6 Å². The smallest absolute Gasteiger partial charge is 0.255 e. The molecule has 2 rings (SSSR count). The quantitative estimate of drug-likeness (QED) is 0.625. The molecule has 25 heavy (non-hydrogen) atoms. The van der Waals surface area contributed by atoms with E-state index in [4.69, 9.17) is 16.3 Å². The molecule has 134 valence electrons. The number of hydrogen-bond donors (Lipinski definition) is 3. The molecule has 0 atom stereocenters. The van der Waals surface area contributed by atoms with Crippen LogP contribution in [0.5, 0.6) is 5.75 Å². The Balaban J connectivity index is 1.89. The van der Waals surface area contributed by atoms with Crippen LogP contribution in [0.2, 0.25) is 5.02 Å². The summed E-state index contributed by atoms with van der Waals surface area (Å²) in [6.07, 6.45) is 0. The van der Waals surface area contributed by atoms with Gasteiger partial charge < -0.3 is 20.7 Å². The van der Waals surface area contributed by atoms with Crippen molar-refractivity contribution in [3.8, 4) is 5.75 Å². The first kappa shape index (κ1) is 18.8. The Bertz CT molecular complexity index is 739. The number of rotatable bonds is 8. The van der Waals surface area contributed by atoms with Gasteiger partial charge in [0.15, 0.2) is 0 Å². The number of nitrogens with zero attached hydrogens (tertiary/aromatic N) is 2. The van der Waals surface area contributed by atoms with Gasteiger partial charge >= 0.3 is 0 Å². The Morgan fingerprint density at radius 3 is 2.72 bits per heavy atom. The molecule has 0 aliphatic heterocycles. The van der Waals surface area contributed by atoms with Gasteiger partial charge in [0.2, 0.25) is 5.95 Å². The van der Waals surface area contributed by atoms with Crippen LogP contribution in [-0.4, -0.2) is 42.6 Å². The largest absolute Gasteiger partial charge is 0.496 e. The predicted octanol–water partition coefficient (Wildman–Crippen LogP) is 2.72. The van der Waals surface area contributed by atoms with Crippen molar-refractivity contribution in [3.63, 3.8) is 0 Å². The van der Waals surface area contributed by atoms with Crippen LogP contribution >= 0.6 is 11.6 Å². The zero-order valence-electron chi connectivity index (χ0n) is 14.5. The molecule has 0 fully saturated rings. The summed E-state index contributed by atoms with van der Waals surface area (Å²) in [6, 6.07) is 6.78. The lowest BCUT2D eigenvalue weighted by atomic mass is 10.2. The van der Waals surface area contributed by atoms with Gasteiger partial charge in [-0.2, -0.15) is 4.98 Å². The fourth-order valence-electron chi connectivity index (χ4n) is 2.22. The van der Waals surface area contributed by atoms with Gasteiger partial charge in [0.05, 0.1) is 12.7 Å². The number of nitrogens with one attached hydrogen (secondary N) is 3. The highest BCUT2D eigenvalue weighted by atomic mass is 35.5. The molecule has 1 aromatic carbocycles. The maximum Gasteiger partial charge on any atom is 0.255 e. The molecule has 3 N–H and O–H groups in total. The third-order valence-corrected chi connectivity index (χ3v) is 3.55. The standard InChI is InChI=1S/C17H22ClN5O2/c1-4-19-17-22-11(2)9-15(23-17)20-7-8-21-16(24)13-10-12(18)5-6-14(13)25-3/h5-6,9-10H,4,7-8H2,1-3H3,(H,21,24)(H2,19,20,22,23). The Labute approximate surface area is 152 Å². The van der Waals surface area contributed by atoms with E-state index in [0.717, 1.165) is 12.2 Å². The lowest BCUT2D eigenvalue weighted by molar-refractivity contribution is 0.0952. The summed E-state index contributed by atoms with van der Waals surface area (Å²) in [4.78, 5) is 20.9. The summed E-state index contributed by atoms with van der Waals surface area (Å²) in [7, 11) is 1.51. The minimum absolute atomic E-state index is 0.242. The summed E-state index contributed by atoms with van der Waals surface area (Å²) in [5.41, 5.74) is 1.27. The highest BCUT2D eigenvalue weighted by molar-refractivity contribution is 6.31. The second-order valence-corrected chi connectivity index (χ2v) is 5.71. The average molecular weight is 364 g/mol. The van der Waals surface area contributed by atoms with Crippen molar-refractivity contribution >= 4 is 29.3 Å². The van der Waals surface area contributed by atoms with Crippen LogP contribution in [0.25, 0.3) is 0 Å². The monoisotopic (exact) mass is 363 g/mol. The van der Waals surface area contributed by atoms with Gasteiger partial charge in [0.25, 0.3) is 5.91 Å². The van der Waals surface area contributed by atoms with Crippen LogP contribution in [0.1, 0.15) is 23.0 Å². The molecule has 0 aliphatic carbocycles. The van der Waals surface area contributed by atoms with Crippen molar-refractivity contribution < 1.29 is 9.53 Å². The van der Waals surface area contributed by atoms with E-state index in [2.05, 4.69) is 25.9 Å². The molecule has 1 aromatic heterocycles. The molecule has 0 spiro atoms. The van der Waals surface area contributed by atoms with Crippen molar-refractivity contribution in [1.29, 1.82) is 0 Å². The number of aryl methyl sites for hydroxylation is 1. The first-order chi connectivity index (χ1) is 12.0. The summed E-state index contributed by atoms with van der Waals surface area (Å²) in [6.45, 7) is 5.59. The van der Waals surface area contributed by atoms with E-state index in [1.54, 1.807) is 18.2 Å². The Morgan fingerprint density at radius 1 is 1.20 bits per heavy atom. The molecule has 7 nitrogen and oxygen atoms in total. The maximum absolute atomic E-state index is 12.3. The SMILES string of the molecule is CCNc1nc(C)cc(NCCNC(=O)c2cc(Cl)ccc2OC)n1. The zero-order chi connectivity index (χ0) is 18.2. The van der Waals surface area contributed by atoms with Gasteiger partial charge in [-0.25, -0.2) is 4.98 Å². The lowest BCUT2D eigenvalue weighted by Gasteiger charge is -2.11. The number of carbonyl (C=O) groups is 1. The van der Waals surface area contributed by atoms with Crippen LogP contribution in [0.3, 0.4) is 0 Å². The minimum atomic E-state index is -0.242. The second-order valence-electron chi connectivity index (χ2n) is 5.28. The molecule has 0 unspecified atom stereocenters. The first-order valence-corrected chi connectivity index (χ1v) is 8.36. The van der Waals surface area contributed by atoms with Crippen molar-refractivity contribution in [2.24, 2.45) is 0 Å². The molecule has 0 aliphatic rings. The van der Waals surface area contributed by atoms with E-state index in [1.807, 2.05) is 19.9 Å². The van der Waals surface area contributed by atoms with Gasteiger partial charge in [-0.15, -0.1) is 0 Å². The van der Waals surface area contributed by atoms with Crippen molar-refractivity contribution in [3.05, 3.63) is 40.5 Å². The Hall–Kier alpha value is -2.54. The van der Waals surface area contributed by atoms with Crippen molar-refractivity contribution in [2.45, 2.75) is 13.8 Å². The van der Waals surface area contributed by atoms with Gasteiger partial charge in [0, 0.05) is 36.4 Å². The number of carbonyl (C=O) groups excluding carboxylic acids is 1. The van der Waals surface area contributed by atoms with E-state index in [1.165, 1.54) is 7.11 Å². The van der Waals surface area contributed by atoms with E-state index >= 15 is 0 Å². The topological polar surface area (TPSA) is 88.2 Å². The molecule has 8 heteroatoms. The van der Waals surface area contributed by atoms with Gasteiger partial charge in [-0.05, 0) is 32.0 Å². The summed E-state index contributed by atoms with van der Waals surface area (Å²) < 4.78 is 5.19. The summed E-state index contributed by atoms with van der Waals surface area (Å²) in [5.74, 6) is 1.53. The Kier molecular flexibility index (Phi) is 6.82. The van der Waals surface area contributed by atoms with Crippen LogP contribution in [-0.2, 0) is 0 Å². The second kappa shape index (κ2) is 9.08. The van der Waals surface area contributed by atoms with Crippen LogP contribution < -0.4 is 20.7 Å². The van der Waals surface area contributed by atoms with Crippen molar-refractivity contribution in [1.82, 2.24) is 15.3 Å². The summed E-state index contributed by atoms with van der Waals surface area (Å²) >= 11 is 5.95.